The molecule has 0 atom stereocenters. The van der Waals surface area contributed by atoms with Gasteiger partial charge in [0.05, 0.1) is 6.54 Å². The van der Waals surface area contributed by atoms with Gasteiger partial charge in [-0.05, 0) is 12.8 Å². The van der Waals surface area contributed by atoms with Crippen molar-refractivity contribution in [3.63, 3.8) is 0 Å². The van der Waals surface area contributed by atoms with Gasteiger partial charge in [-0.1, -0.05) is 11.8 Å². The molecule has 0 bridgehead atoms. The van der Waals surface area contributed by atoms with Gasteiger partial charge >= 0.3 is 0 Å². The van der Waals surface area contributed by atoms with Crippen molar-refractivity contribution >= 4 is 0 Å². The summed E-state index contributed by atoms with van der Waals surface area (Å²) in [6.45, 7) is 7.24. The summed E-state index contributed by atoms with van der Waals surface area (Å²) in [5.41, 5.74) is 0. The molecule has 2 rings (SSSR count). The van der Waals surface area contributed by atoms with Gasteiger partial charge in [0.15, 0.2) is 0 Å². The Kier molecular flexibility index (Phi) is 4.46. The van der Waals surface area contributed by atoms with E-state index < -0.39 is 0 Å². The Bertz CT molecular complexity index is 232. The molecule has 0 aromatic rings. The SMILES string of the molecule is C(#CC1CCOCC1)CN1CCNCC1. The molecule has 0 amide bonds. The molecule has 0 saturated carbocycles. The zero-order chi connectivity index (χ0) is 10.3. The highest BCUT2D eigenvalue weighted by molar-refractivity contribution is 5.06. The van der Waals surface area contributed by atoms with Gasteiger partial charge in [-0.2, -0.15) is 0 Å². The summed E-state index contributed by atoms with van der Waals surface area (Å²) < 4.78 is 5.31. The van der Waals surface area contributed by atoms with E-state index in [0.717, 1.165) is 58.8 Å². The van der Waals surface area contributed by atoms with E-state index in [1.54, 1.807) is 0 Å². The largest absolute Gasteiger partial charge is 0.381 e. The van der Waals surface area contributed by atoms with E-state index in [1.807, 2.05) is 0 Å². The van der Waals surface area contributed by atoms with E-state index in [0.29, 0.717) is 5.92 Å². The Labute approximate surface area is 92.2 Å². The highest BCUT2D eigenvalue weighted by Crippen LogP contribution is 2.12. The average molecular weight is 208 g/mol. The third kappa shape index (κ3) is 3.83. The maximum atomic E-state index is 5.31. The molecule has 0 aromatic heterocycles. The molecule has 3 nitrogen and oxygen atoms in total. The minimum Gasteiger partial charge on any atom is -0.381 e. The van der Waals surface area contributed by atoms with Crippen molar-refractivity contribution in [2.45, 2.75) is 12.8 Å². The second-order valence-electron chi connectivity index (χ2n) is 4.23. The number of ether oxygens (including phenoxy) is 1. The first kappa shape index (κ1) is 10.9. The van der Waals surface area contributed by atoms with Crippen LogP contribution in [0.4, 0.5) is 0 Å². The van der Waals surface area contributed by atoms with Crippen LogP contribution in [-0.2, 0) is 4.74 Å². The van der Waals surface area contributed by atoms with Gasteiger partial charge in [-0.3, -0.25) is 4.90 Å². The lowest BCUT2D eigenvalue weighted by Crippen LogP contribution is -2.43. The predicted octanol–water partition coefficient (Wildman–Crippen LogP) is 0.322. The van der Waals surface area contributed by atoms with Gasteiger partial charge in [0, 0.05) is 45.3 Å². The van der Waals surface area contributed by atoms with E-state index in [1.165, 1.54) is 0 Å². The Morgan fingerprint density at radius 1 is 1.20 bits per heavy atom. The number of nitrogens with one attached hydrogen (secondary N) is 1. The summed E-state index contributed by atoms with van der Waals surface area (Å²) in [4.78, 5) is 2.42. The predicted molar refractivity (Wildman–Crippen MR) is 60.6 cm³/mol. The Hall–Kier alpha value is -0.560. The van der Waals surface area contributed by atoms with E-state index >= 15 is 0 Å². The van der Waals surface area contributed by atoms with Crippen molar-refractivity contribution < 1.29 is 4.74 Å². The summed E-state index contributed by atoms with van der Waals surface area (Å²) in [6, 6.07) is 0. The first-order valence-electron chi connectivity index (χ1n) is 5.94. The summed E-state index contributed by atoms with van der Waals surface area (Å²) in [5, 5.41) is 3.35. The lowest BCUT2D eigenvalue weighted by Gasteiger charge is -2.25. The zero-order valence-corrected chi connectivity index (χ0v) is 9.30. The maximum Gasteiger partial charge on any atom is 0.0602 e. The van der Waals surface area contributed by atoms with Crippen LogP contribution in [0.3, 0.4) is 0 Å². The van der Waals surface area contributed by atoms with E-state index in [2.05, 4.69) is 22.1 Å². The topological polar surface area (TPSA) is 24.5 Å². The quantitative estimate of drug-likeness (QED) is 0.628. The fourth-order valence-corrected chi connectivity index (χ4v) is 2.01. The van der Waals surface area contributed by atoms with Crippen LogP contribution in [0.2, 0.25) is 0 Å². The van der Waals surface area contributed by atoms with Gasteiger partial charge in [0.25, 0.3) is 0 Å². The van der Waals surface area contributed by atoms with Gasteiger partial charge in [0.2, 0.25) is 0 Å². The van der Waals surface area contributed by atoms with Gasteiger partial charge in [-0.15, -0.1) is 0 Å². The van der Waals surface area contributed by atoms with Crippen molar-refractivity contribution in [2.24, 2.45) is 5.92 Å². The Morgan fingerprint density at radius 2 is 1.93 bits per heavy atom. The zero-order valence-electron chi connectivity index (χ0n) is 9.30. The molecule has 2 aliphatic heterocycles. The first-order chi connectivity index (χ1) is 7.45. The molecule has 2 saturated heterocycles. The highest BCUT2D eigenvalue weighted by Gasteiger charge is 2.11. The molecule has 0 aliphatic carbocycles. The third-order valence-corrected chi connectivity index (χ3v) is 3.04. The second kappa shape index (κ2) is 6.12. The number of piperazine rings is 1. The molecule has 84 valence electrons. The first-order valence-corrected chi connectivity index (χ1v) is 5.94. The van der Waals surface area contributed by atoms with Crippen LogP contribution in [-0.4, -0.2) is 50.8 Å². The molecule has 0 unspecified atom stereocenters. The smallest absolute Gasteiger partial charge is 0.0602 e. The van der Waals surface area contributed by atoms with Crippen LogP contribution >= 0.6 is 0 Å². The molecule has 2 heterocycles. The molecule has 2 aliphatic rings. The van der Waals surface area contributed by atoms with Gasteiger partial charge < -0.3 is 10.1 Å². The summed E-state index contributed by atoms with van der Waals surface area (Å²) in [6.07, 6.45) is 2.24. The lowest BCUT2D eigenvalue weighted by atomic mass is 10.0. The van der Waals surface area contributed by atoms with E-state index in [-0.39, 0.29) is 0 Å². The number of rotatable bonds is 1. The van der Waals surface area contributed by atoms with Crippen molar-refractivity contribution in [3.05, 3.63) is 0 Å². The van der Waals surface area contributed by atoms with Crippen LogP contribution in [0.15, 0.2) is 0 Å². The minimum absolute atomic E-state index is 0.585. The standard InChI is InChI=1S/C12H20N2O/c1(2-12-3-10-15-11-4-12)7-14-8-5-13-6-9-14/h12-13H,3-11H2. The highest BCUT2D eigenvalue weighted by atomic mass is 16.5. The molecule has 15 heavy (non-hydrogen) atoms. The molecule has 3 heteroatoms. The maximum absolute atomic E-state index is 5.31. The van der Waals surface area contributed by atoms with Crippen molar-refractivity contribution in [2.75, 3.05) is 45.9 Å². The average Bonchev–Trinajstić information content (AvgIpc) is 2.32. The van der Waals surface area contributed by atoms with Crippen LogP contribution in [0, 0.1) is 17.8 Å². The number of hydrogen-bond acceptors (Lipinski definition) is 3. The number of hydrogen-bond donors (Lipinski definition) is 1. The summed E-state index contributed by atoms with van der Waals surface area (Å²) in [7, 11) is 0. The van der Waals surface area contributed by atoms with Crippen molar-refractivity contribution in [3.8, 4) is 11.8 Å². The molecule has 2 fully saturated rings. The monoisotopic (exact) mass is 208 g/mol. The van der Waals surface area contributed by atoms with Crippen molar-refractivity contribution in [1.82, 2.24) is 10.2 Å². The van der Waals surface area contributed by atoms with Gasteiger partial charge in [-0.25, -0.2) is 0 Å². The van der Waals surface area contributed by atoms with Crippen LogP contribution in [0.5, 0.6) is 0 Å². The minimum atomic E-state index is 0.585. The molecular weight excluding hydrogens is 188 g/mol. The van der Waals surface area contributed by atoms with E-state index in [4.69, 9.17) is 4.74 Å². The van der Waals surface area contributed by atoms with Crippen LogP contribution < -0.4 is 5.32 Å². The van der Waals surface area contributed by atoms with E-state index in [9.17, 15) is 0 Å². The second-order valence-corrected chi connectivity index (χ2v) is 4.23. The summed E-state index contributed by atoms with van der Waals surface area (Å²) >= 11 is 0. The fraction of sp³-hybridized carbons (Fsp3) is 0.833. The molecular formula is C12H20N2O. The Morgan fingerprint density at radius 3 is 2.67 bits per heavy atom. The molecule has 0 spiro atoms. The molecule has 0 aromatic carbocycles. The fourth-order valence-electron chi connectivity index (χ4n) is 2.01. The Balaban J connectivity index is 1.68. The normalized spacial score (nSPS) is 24.5. The van der Waals surface area contributed by atoms with Crippen LogP contribution in [0.25, 0.3) is 0 Å². The number of nitrogens with zero attached hydrogens (tertiary/aromatic N) is 1. The molecule has 0 radical (unpaired) electrons. The van der Waals surface area contributed by atoms with Gasteiger partial charge in [0.1, 0.15) is 0 Å². The van der Waals surface area contributed by atoms with Crippen molar-refractivity contribution in [1.29, 1.82) is 0 Å². The third-order valence-electron chi connectivity index (χ3n) is 3.04. The van der Waals surface area contributed by atoms with Crippen LogP contribution in [0.1, 0.15) is 12.8 Å². The molecule has 1 N–H and O–H groups in total. The summed E-state index contributed by atoms with van der Waals surface area (Å²) in [5.74, 6) is 7.28. The lowest BCUT2D eigenvalue weighted by molar-refractivity contribution is 0.0806.